The fourth-order valence-corrected chi connectivity index (χ4v) is 4.00. The molecule has 192 valence electrons. The Morgan fingerprint density at radius 1 is 1.00 bits per heavy atom. The summed E-state index contributed by atoms with van der Waals surface area (Å²) in [6.07, 6.45) is -0.0117. The molecule has 0 aliphatic carbocycles. The summed E-state index contributed by atoms with van der Waals surface area (Å²) in [4.78, 5) is 33.0. The Bertz CT molecular complexity index is 1530. The maximum Gasteiger partial charge on any atom is 0.493 e. The van der Waals surface area contributed by atoms with E-state index in [0.29, 0.717) is 22.8 Å². The van der Waals surface area contributed by atoms with Gasteiger partial charge in [0.1, 0.15) is 11.5 Å². The van der Waals surface area contributed by atoms with E-state index in [1.54, 1.807) is 24.3 Å². The van der Waals surface area contributed by atoms with Crippen LogP contribution < -0.4 is 14.9 Å². The quantitative estimate of drug-likeness (QED) is 0.373. The first-order chi connectivity index (χ1) is 18.3. The lowest BCUT2D eigenvalue weighted by Crippen LogP contribution is -2.37. The van der Waals surface area contributed by atoms with E-state index in [4.69, 9.17) is 9.57 Å². The molecular weight excluding hydrogens is 499 g/mol. The number of nitrogens with zero attached hydrogens (tertiary/aromatic N) is 2. The van der Waals surface area contributed by atoms with Gasteiger partial charge >= 0.3 is 12.1 Å². The highest BCUT2D eigenvalue weighted by atomic mass is 19.4. The second kappa shape index (κ2) is 10.3. The topological polar surface area (TPSA) is 82.4 Å². The predicted molar refractivity (Wildman–Crippen MR) is 133 cm³/mol. The van der Waals surface area contributed by atoms with Gasteiger partial charge in [0, 0.05) is 30.3 Å². The molecule has 2 aromatic heterocycles. The third-order valence-corrected chi connectivity index (χ3v) is 5.75. The van der Waals surface area contributed by atoms with Crippen LogP contribution in [-0.4, -0.2) is 34.3 Å². The molecule has 0 spiro atoms. The van der Waals surface area contributed by atoms with Crippen LogP contribution in [0.2, 0.25) is 0 Å². The third kappa shape index (κ3) is 5.29. The number of rotatable bonds is 6. The van der Waals surface area contributed by atoms with E-state index < -0.39 is 18.1 Å². The SMILES string of the molecule is O=C1NCCc2c1cc(-c1ccnc(C=Cc3ccccc3Oc3ccccc3)c1)n2OC(=O)C(F)(F)F. The van der Waals surface area contributed by atoms with Crippen molar-refractivity contribution in [3.8, 4) is 22.8 Å². The summed E-state index contributed by atoms with van der Waals surface area (Å²) in [5.74, 6) is -1.54. The summed E-state index contributed by atoms with van der Waals surface area (Å²) in [5, 5.41) is 2.64. The van der Waals surface area contributed by atoms with Gasteiger partial charge in [0.05, 0.1) is 22.6 Å². The number of hydrogen-bond donors (Lipinski definition) is 1. The number of aromatic nitrogens is 2. The molecule has 0 saturated carbocycles. The Labute approximate surface area is 215 Å². The van der Waals surface area contributed by atoms with E-state index in [9.17, 15) is 22.8 Å². The van der Waals surface area contributed by atoms with Crippen molar-refractivity contribution in [2.45, 2.75) is 12.6 Å². The summed E-state index contributed by atoms with van der Waals surface area (Å²) in [6, 6.07) is 21.3. The summed E-state index contributed by atoms with van der Waals surface area (Å²) in [5.41, 5.74) is 2.11. The van der Waals surface area contributed by atoms with Gasteiger partial charge in [-0.15, -0.1) is 0 Å². The molecule has 1 aliphatic heterocycles. The van der Waals surface area contributed by atoms with Gasteiger partial charge in [0.15, 0.2) is 0 Å². The van der Waals surface area contributed by atoms with Crippen molar-refractivity contribution in [3.05, 3.63) is 102 Å². The van der Waals surface area contributed by atoms with Crippen molar-refractivity contribution in [2.75, 3.05) is 6.54 Å². The Morgan fingerprint density at radius 3 is 2.55 bits per heavy atom. The number of hydrogen-bond acceptors (Lipinski definition) is 5. The minimum absolute atomic E-state index is 0.120. The number of carbonyl (C=O) groups is 2. The van der Waals surface area contributed by atoms with Crippen LogP contribution in [0, 0.1) is 0 Å². The molecule has 1 N–H and O–H groups in total. The molecule has 0 fully saturated rings. The summed E-state index contributed by atoms with van der Waals surface area (Å²) >= 11 is 0. The first kappa shape index (κ1) is 24.8. The zero-order valence-electron chi connectivity index (χ0n) is 19.7. The number of alkyl halides is 3. The Hall–Kier alpha value is -4.86. The average Bonchev–Trinajstić information content (AvgIpc) is 3.28. The summed E-state index contributed by atoms with van der Waals surface area (Å²) in [6.45, 7) is 0.202. The van der Waals surface area contributed by atoms with Crippen LogP contribution in [0.5, 0.6) is 11.5 Å². The van der Waals surface area contributed by atoms with Crippen LogP contribution in [0.4, 0.5) is 13.2 Å². The van der Waals surface area contributed by atoms with Crippen molar-refractivity contribution < 1.29 is 32.3 Å². The van der Waals surface area contributed by atoms with Crippen molar-refractivity contribution in [1.29, 1.82) is 0 Å². The predicted octanol–water partition coefficient (Wildman–Crippen LogP) is 5.32. The van der Waals surface area contributed by atoms with Crippen molar-refractivity contribution in [3.63, 3.8) is 0 Å². The standard InChI is InChI=1S/C28H20F3N3O4/c29-28(30,31)27(36)38-34-23-13-15-33-26(35)22(23)17-24(34)19-12-14-32-20(16-19)11-10-18-6-4-5-9-25(18)37-21-7-2-1-3-8-21/h1-12,14,16-17H,13,15H2,(H,33,35). The number of carbonyl (C=O) groups excluding carboxylic acids is 2. The van der Waals surface area contributed by atoms with Crippen molar-refractivity contribution >= 4 is 24.0 Å². The first-order valence-corrected chi connectivity index (χ1v) is 11.6. The molecule has 10 heteroatoms. The van der Waals surface area contributed by atoms with E-state index in [-0.39, 0.29) is 29.9 Å². The van der Waals surface area contributed by atoms with E-state index in [2.05, 4.69) is 10.3 Å². The number of fused-ring (bicyclic) bond motifs is 1. The second-order valence-corrected chi connectivity index (χ2v) is 8.32. The van der Waals surface area contributed by atoms with Gasteiger partial charge in [-0.05, 0) is 48.6 Å². The molecule has 0 bridgehead atoms. The number of para-hydroxylation sites is 2. The monoisotopic (exact) mass is 519 g/mol. The lowest BCUT2D eigenvalue weighted by atomic mass is 10.1. The molecule has 0 saturated heterocycles. The largest absolute Gasteiger partial charge is 0.493 e. The van der Waals surface area contributed by atoms with E-state index in [0.717, 1.165) is 10.3 Å². The molecule has 0 unspecified atom stereocenters. The Balaban J connectivity index is 1.48. The van der Waals surface area contributed by atoms with Crippen LogP contribution in [0.3, 0.4) is 0 Å². The molecule has 1 aliphatic rings. The fraction of sp³-hybridized carbons (Fsp3) is 0.107. The lowest BCUT2D eigenvalue weighted by Gasteiger charge is -2.17. The number of amides is 1. The van der Waals surface area contributed by atoms with Crippen LogP contribution in [-0.2, 0) is 11.2 Å². The minimum atomic E-state index is -5.20. The van der Waals surface area contributed by atoms with Gasteiger partial charge < -0.3 is 14.9 Å². The van der Waals surface area contributed by atoms with Crippen LogP contribution >= 0.6 is 0 Å². The van der Waals surface area contributed by atoms with Gasteiger partial charge in [-0.1, -0.05) is 36.4 Å². The molecule has 4 aromatic rings. The zero-order chi connectivity index (χ0) is 26.7. The fourth-order valence-electron chi connectivity index (χ4n) is 4.00. The third-order valence-electron chi connectivity index (χ3n) is 5.75. The number of halogens is 3. The van der Waals surface area contributed by atoms with Crippen molar-refractivity contribution in [1.82, 2.24) is 15.0 Å². The molecule has 7 nitrogen and oxygen atoms in total. The van der Waals surface area contributed by atoms with Crippen LogP contribution in [0.15, 0.2) is 79.0 Å². The number of ether oxygens (including phenoxy) is 1. The minimum Gasteiger partial charge on any atom is -0.457 e. The van der Waals surface area contributed by atoms with Crippen LogP contribution in [0.1, 0.15) is 27.3 Å². The Kier molecular flexibility index (Phi) is 6.69. The first-order valence-electron chi connectivity index (χ1n) is 11.6. The van der Waals surface area contributed by atoms with E-state index >= 15 is 0 Å². The second-order valence-electron chi connectivity index (χ2n) is 8.32. The highest BCUT2D eigenvalue weighted by molar-refractivity contribution is 5.98. The molecule has 2 aromatic carbocycles. The van der Waals surface area contributed by atoms with Gasteiger partial charge in [-0.25, -0.2) is 4.79 Å². The summed E-state index contributed by atoms with van der Waals surface area (Å²) < 4.78 is 45.7. The zero-order valence-corrected chi connectivity index (χ0v) is 19.7. The lowest BCUT2D eigenvalue weighted by molar-refractivity contribution is -0.199. The van der Waals surface area contributed by atoms with E-state index in [1.807, 2.05) is 54.6 Å². The summed E-state index contributed by atoms with van der Waals surface area (Å²) in [7, 11) is 0. The molecule has 0 atom stereocenters. The number of benzene rings is 2. The molecule has 0 radical (unpaired) electrons. The highest BCUT2D eigenvalue weighted by Crippen LogP contribution is 2.30. The molecule has 1 amide bonds. The maximum absolute atomic E-state index is 13.0. The van der Waals surface area contributed by atoms with Gasteiger partial charge in [0.25, 0.3) is 5.91 Å². The molecular formula is C28H20F3N3O4. The highest BCUT2D eigenvalue weighted by Gasteiger charge is 2.43. The van der Waals surface area contributed by atoms with Gasteiger partial charge in [0.2, 0.25) is 0 Å². The normalized spacial score (nSPS) is 13.2. The Morgan fingerprint density at radius 2 is 1.76 bits per heavy atom. The van der Waals surface area contributed by atoms with E-state index in [1.165, 1.54) is 12.3 Å². The molecule has 5 rings (SSSR count). The molecule has 3 heterocycles. The van der Waals surface area contributed by atoms with Gasteiger partial charge in [-0.2, -0.15) is 17.9 Å². The maximum atomic E-state index is 13.0. The number of pyridine rings is 1. The number of nitrogens with one attached hydrogen (secondary N) is 1. The van der Waals surface area contributed by atoms with Crippen LogP contribution in [0.25, 0.3) is 23.4 Å². The van der Waals surface area contributed by atoms with Gasteiger partial charge in [-0.3, -0.25) is 9.78 Å². The molecule has 38 heavy (non-hydrogen) atoms. The smallest absolute Gasteiger partial charge is 0.457 e. The average molecular weight is 519 g/mol. The van der Waals surface area contributed by atoms with Crippen molar-refractivity contribution in [2.24, 2.45) is 0 Å².